The summed E-state index contributed by atoms with van der Waals surface area (Å²) in [6.07, 6.45) is -1.29. The molecular weight excluding hydrogens is 329 g/mol. The number of primary amides is 1. The predicted molar refractivity (Wildman–Crippen MR) is 66.3 cm³/mol. The lowest BCUT2D eigenvalue weighted by Gasteiger charge is -2.11. The van der Waals surface area contributed by atoms with E-state index in [9.17, 15) is 31.2 Å². The normalized spacial score (nSPS) is 12.7. The van der Waals surface area contributed by atoms with Crippen LogP contribution >= 0.6 is 0 Å². The third-order valence-electron chi connectivity index (χ3n) is 2.40. The van der Waals surface area contributed by atoms with Gasteiger partial charge >= 0.3 is 5.97 Å². The predicted octanol–water partition coefficient (Wildman–Crippen LogP) is -0.201. The highest BCUT2D eigenvalue weighted by Crippen LogP contribution is 2.19. The highest BCUT2D eigenvalue weighted by atomic mass is 32.2. The molecule has 0 fully saturated rings. The quantitative estimate of drug-likeness (QED) is 0.550. The smallest absolute Gasteiger partial charge is 0.321 e. The Morgan fingerprint density at radius 3 is 2.41 bits per heavy atom. The lowest BCUT2D eigenvalue weighted by Crippen LogP contribution is -2.36. The van der Waals surface area contributed by atoms with Gasteiger partial charge in [0.1, 0.15) is 11.4 Å². The number of nitrogens with one attached hydrogen (secondary N) is 1. The molecule has 11 heteroatoms. The first-order chi connectivity index (χ1) is 10.1. The molecule has 0 aliphatic heterocycles. The zero-order valence-corrected chi connectivity index (χ0v) is 11.9. The van der Waals surface area contributed by atoms with Crippen molar-refractivity contribution in [3.63, 3.8) is 0 Å². The lowest BCUT2D eigenvalue weighted by atomic mass is 10.3. The van der Waals surface area contributed by atoms with Crippen molar-refractivity contribution in [2.75, 3.05) is 6.54 Å². The minimum absolute atomic E-state index is 0.417. The molecule has 1 amide bonds. The summed E-state index contributed by atoms with van der Waals surface area (Å²) in [4.78, 5) is 20.7. The largest absolute Gasteiger partial charge is 0.452 e. The summed E-state index contributed by atoms with van der Waals surface area (Å²) in [5, 5.41) is 0. The molecule has 1 aromatic carbocycles. The van der Waals surface area contributed by atoms with Crippen molar-refractivity contribution in [1.29, 1.82) is 0 Å². The van der Waals surface area contributed by atoms with Gasteiger partial charge < -0.3 is 10.5 Å². The number of rotatable bonds is 6. The van der Waals surface area contributed by atoms with E-state index in [0.29, 0.717) is 12.1 Å². The third-order valence-corrected chi connectivity index (χ3v) is 3.82. The molecule has 0 aromatic heterocycles. The van der Waals surface area contributed by atoms with Crippen LogP contribution in [0.2, 0.25) is 0 Å². The van der Waals surface area contributed by atoms with Crippen LogP contribution in [0.25, 0.3) is 0 Å². The van der Waals surface area contributed by atoms with Crippen molar-refractivity contribution in [3.05, 3.63) is 29.6 Å². The van der Waals surface area contributed by atoms with Crippen molar-refractivity contribution in [2.45, 2.75) is 17.9 Å². The molecule has 122 valence electrons. The summed E-state index contributed by atoms with van der Waals surface area (Å²) in [5.74, 6) is -7.58. The van der Waals surface area contributed by atoms with Gasteiger partial charge in [-0.2, -0.15) is 4.72 Å². The van der Waals surface area contributed by atoms with E-state index in [1.165, 1.54) is 0 Å². The highest BCUT2D eigenvalue weighted by Gasteiger charge is 2.25. The van der Waals surface area contributed by atoms with E-state index in [-0.39, 0.29) is 0 Å². The number of halogens is 3. The van der Waals surface area contributed by atoms with Crippen molar-refractivity contribution in [1.82, 2.24) is 4.72 Å². The molecule has 1 unspecified atom stereocenters. The summed E-state index contributed by atoms with van der Waals surface area (Å²) in [7, 11) is -4.63. The van der Waals surface area contributed by atoms with Crippen molar-refractivity contribution < 1.29 is 35.9 Å². The summed E-state index contributed by atoms with van der Waals surface area (Å²) in [5.41, 5.74) is 4.83. The van der Waals surface area contributed by atoms with E-state index >= 15 is 0 Å². The third kappa shape index (κ3) is 4.18. The molecule has 0 bridgehead atoms. The van der Waals surface area contributed by atoms with Crippen LogP contribution < -0.4 is 10.5 Å². The first-order valence-electron chi connectivity index (χ1n) is 5.68. The number of benzene rings is 1. The molecule has 0 spiro atoms. The number of hydrogen-bond donors (Lipinski definition) is 2. The van der Waals surface area contributed by atoms with Gasteiger partial charge in [-0.25, -0.2) is 21.6 Å². The molecule has 0 saturated carbocycles. The average Bonchev–Trinajstić information content (AvgIpc) is 2.42. The fraction of sp³-hybridized carbons (Fsp3) is 0.273. The number of carbonyl (C=O) groups is 2. The second-order valence-corrected chi connectivity index (χ2v) is 5.77. The Bertz CT molecular complexity index is 708. The number of hydrogen-bond acceptors (Lipinski definition) is 5. The molecule has 0 radical (unpaired) electrons. The monoisotopic (exact) mass is 340 g/mol. The van der Waals surface area contributed by atoms with Crippen LogP contribution in [0.3, 0.4) is 0 Å². The Labute approximate surface area is 123 Å². The summed E-state index contributed by atoms with van der Waals surface area (Å²) >= 11 is 0. The molecule has 3 N–H and O–H groups in total. The van der Waals surface area contributed by atoms with Crippen molar-refractivity contribution in [3.8, 4) is 0 Å². The number of nitrogens with two attached hydrogens (primary N) is 1. The van der Waals surface area contributed by atoms with Crippen LogP contribution in [0.1, 0.15) is 6.92 Å². The Morgan fingerprint density at radius 1 is 1.27 bits per heavy atom. The van der Waals surface area contributed by atoms with Crippen LogP contribution in [-0.2, 0) is 24.3 Å². The number of sulfonamides is 1. The van der Waals surface area contributed by atoms with E-state index in [4.69, 9.17) is 5.73 Å². The Morgan fingerprint density at radius 2 is 1.86 bits per heavy atom. The van der Waals surface area contributed by atoms with E-state index < -0.39 is 56.9 Å². The highest BCUT2D eigenvalue weighted by molar-refractivity contribution is 7.89. The van der Waals surface area contributed by atoms with Gasteiger partial charge in [-0.3, -0.25) is 9.59 Å². The number of amides is 1. The molecule has 1 rings (SSSR count). The van der Waals surface area contributed by atoms with Gasteiger partial charge in [0, 0.05) is 0 Å². The molecule has 0 aliphatic rings. The Balaban J connectivity index is 2.83. The lowest BCUT2D eigenvalue weighted by molar-refractivity contribution is -0.152. The van der Waals surface area contributed by atoms with E-state index in [1.54, 1.807) is 4.72 Å². The maximum absolute atomic E-state index is 13.4. The molecule has 0 saturated heterocycles. The zero-order valence-electron chi connectivity index (χ0n) is 11.1. The maximum Gasteiger partial charge on any atom is 0.321 e. The van der Waals surface area contributed by atoms with Crippen LogP contribution in [0.15, 0.2) is 17.0 Å². The molecule has 1 aromatic rings. The van der Waals surface area contributed by atoms with Gasteiger partial charge in [0.25, 0.3) is 5.91 Å². The fourth-order valence-corrected chi connectivity index (χ4v) is 2.28. The van der Waals surface area contributed by atoms with Gasteiger partial charge in [0.15, 0.2) is 23.6 Å². The number of esters is 1. The van der Waals surface area contributed by atoms with Crippen LogP contribution in [0.5, 0.6) is 0 Å². The molecule has 7 nitrogen and oxygen atoms in total. The minimum atomic E-state index is -4.63. The number of ether oxygens (including phenoxy) is 1. The Hall–Kier alpha value is -2.14. The van der Waals surface area contributed by atoms with Crippen molar-refractivity contribution in [2.24, 2.45) is 5.73 Å². The fourth-order valence-electron chi connectivity index (χ4n) is 1.24. The van der Waals surface area contributed by atoms with E-state index in [0.717, 1.165) is 6.92 Å². The van der Waals surface area contributed by atoms with Gasteiger partial charge in [-0.15, -0.1) is 0 Å². The Kier molecular flexibility index (Phi) is 5.49. The molecule has 0 heterocycles. The van der Waals surface area contributed by atoms with Crippen LogP contribution in [-0.4, -0.2) is 32.9 Å². The van der Waals surface area contributed by atoms with Crippen LogP contribution in [0.4, 0.5) is 13.2 Å². The minimum Gasteiger partial charge on any atom is -0.452 e. The molecule has 0 aliphatic carbocycles. The molecule has 22 heavy (non-hydrogen) atoms. The van der Waals surface area contributed by atoms with Gasteiger partial charge in [0.05, 0.1) is 0 Å². The topological polar surface area (TPSA) is 116 Å². The first-order valence-corrected chi connectivity index (χ1v) is 7.16. The molecule has 1 atom stereocenters. The summed E-state index contributed by atoms with van der Waals surface area (Å²) < 4.78 is 68.6. The van der Waals surface area contributed by atoms with Crippen molar-refractivity contribution >= 4 is 21.9 Å². The molecular formula is C11H11F3N2O5S. The van der Waals surface area contributed by atoms with E-state index in [1.807, 2.05) is 0 Å². The SMILES string of the molecule is CC(OC(=O)CNS(=O)(=O)c1ccc(F)c(F)c1F)C(N)=O. The van der Waals surface area contributed by atoms with Gasteiger partial charge in [0.2, 0.25) is 10.0 Å². The van der Waals surface area contributed by atoms with Gasteiger partial charge in [-0.1, -0.05) is 0 Å². The zero-order chi connectivity index (χ0) is 17.1. The average molecular weight is 340 g/mol. The second kappa shape index (κ2) is 6.75. The number of carbonyl (C=O) groups excluding carboxylic acids is 2. The summed E-state index contributed by atoms with van der Waals surface area (Å²) in [6, 6.07) is 0.911. The standard InChI is InChI=1S/C11H11F3N2O5S/c1-5(11(15)18)21-8(17)4-16-22(19,20)7-3-2-6(12)9(13)10(7)14/h2-3,5,16H,4H2,1H3,(H2,15,18). The van der Waals surface area contributed by atoms with E-state index in [2.05, 4.69) is 4.74 Å². The van der Waals surface area contributed by atoms with Crippen LogP contribution in [0, 0.1) is 17.5 Å². The second-order valence-electron chi connectivity index (χ2n) is 4.03. The maximum atomic E-state index is 13.4. The summed E-state index contributed by atoms with van der Waals surface area (Å²) in [6.45, 7) is 0.197. The van der Waals surface area contributed by atoms with Gasteiger partial charge in [-0.05, 0) is 19.1 Å². The first kappa shape index (κ1) is 17.9.